The van der Waals surface area contributed by atoms with Crippen LogP contribution in [0.2, 0.25) is 0 Å². The summed E-state index contributed by atoms with van der Waals surface area (Å²) in [4.78, 5) is 11.5. The van der Waals surface area contributed by atoms with Crippen molar-refractivity contribution >= 4 is 21.9 Å². The van der Waals surface area contributed by atoms with Crippen molar-refractivity contribution in [2.45, 2.75) is 13.3 Å². The molecule has 0 atom stereocenters. The second kappa shape index (κ2) is 4.94. The molecule has 0 N–H and O–H groups in total. The summed E-state index contributed by atoms with van der Waals surface area (Å²) in [6.45, 7) is 1.90. The number of esters is 1. The number of ether oxygens (including phenoxy) is 1. The minimum atomic E-state index is -0.421. The molecule has 1 rings (SSSR count). The summed E-state index contributed by atoms with van der Waals surface area (Å²) < 4.78 is 5.34. The third-order valence-corrected chi connectivity index (χ3v) is 2.79. The van der Waals surface area contributed by atoms with Gasteiger partial charge >= 0.3 is 5.97 Å². The predicted molar refractivity (Wildman–Crippen MR) is 59.6 cm³/mol. The van der Waals surface area contributed by atoms with E-state index in [1.54, 1.807) is 12.1 Å². The van der Waals surface area contributed by atoms with Gasteiger partial charge in [0.25, 0.3) is 0 Å². The molecule has 3 nitrogen and oxygen atoms in total. The molecule has 0 amide bonds. The molecule has 0 aliphatic rings. The van der Waals surface area contributed by atoms with Crippen LogP contribution in [0.1, 0.15) is 28.4 Å². The Morgan fingerprint density at radius 3 is 2.73 bits per heavy atom. The number of carbonyl (C=O) groups is 1. The zero-order valence-corrected chi connectivity index (χ0v) is 10.1. The van der Waals surface area contributed by atoms with Crippen LogP contribution in [0, 0.1) is 11.3 Å². The van der Waals surface area contributed by atoms with Crippen molar-refractivity contribution in [1.82, 2.24) is 0 Å². The van der Waals surface area contributed by atoms with E-state index in [-0.39, 0.29) is 0 Å². The smallest absolute Gasteiger partial charge is 0.339 e. The van der Waals surface area contributed by atoms with Gasteiger partial charge in [-0.15, -0.1) is 0 Å². The highest BCUT2D eigenvalue weighted by Crippen LogP contribution is 2.25. The van der Waals surface area contributed by atoms with E-state index in [0.29, 0.717) is 22.0 Å². The van der Waals surface area contributed by atoms with E-state index in [9.17, 15) is 4.79 Å². The summed E-state index contributed by atoms with van der Waals surface area (Å²) in [7, 11) is 1.33. The standard InChI is InChI=1S/C11H10BrNO2/c1-3-8-7(6-13)4-5-9(12)10(8)11(14)15-2/h4-5H,3H2,1-2H3. The molecule has 1 aromatic carbocycles. The zero-order chi connectivity index (χ0) is 11.4. The molecule has 78 valence electrons. The van der Waals surface area contributed by atoms with Crippen LogP contribution in [-0.2, 0) is 11.2 Å². The van der Waals surface area contributed by atoms with E-state index in [2.05, 4.69) is 26.7 Å². The number of carbonyl (C=O) groups excluding carboxylic acids is 1. The van der Waals surface area contributed by atoms with Gasteiger partial charge in [0.2, 0.25) is 0 Å². The molecule has 0 bridgehead atoms. The van der Waals surface area contributed by atoms with Crippen LogP contribution >= 0.6 is 15.9 Å². The number of halogens is 1. The fraction of sp³-hybridized carbons (Fsp3) is 0.273. The molecule has 0 saturated carbocycles. The van der Waals surface area contributed by atoms with Crippen LogP contribution in [0.5, 0.6) is 0 Å². The summed E-state index contributed by atoms with van der Waals surface area (Å²) in [5.41, 5.74) is 1.68. The average Bonchev–Trinajstić information content (AvgIpc) is 2.27. The van der Waals surface area contributed by atoms with Crippen LogP contribution in [0.15, 0.2) is 16.6 Å². The maximum Gasteiger partial charge on any atom is 0.339 e. The fourth-order valence-electron chi connectivity index (χ4n) is 1.41. The highest BCUT2D eigenvalue weighted by molar-refractivity contribution is 9.10. The van der Waals surface area contributed by atoms with Crippen molar-refractivity contribution in [3.05, 3.63) is 33.3 Å². The second-order valence-corrected chi connectivity index (χ2v) is 3.76. The lowest BCUT2D eigenvalue weighted by Crippen LogP contribution is -2.08. The number of rotatable bonds is 2. The maximum absolute atomic E-state index is 11.5. The molecule has 0 spiro atoms. The van der Waals surface area contributed by atoms with Gasteiger partial charge in [0.1, 0.15) is 0 Å². The largest absolute Gasteiger partial charge is 0.465 e. The zero-order valence-electron chi connectivity index (χ0n) is 8.50. The van der Waals surface area contributed by atoms with E-state index in [1.807, 2.05) is 6.92 Å². The third kappa shape index (κ3) is 2.18. The van der Waals surface area contributed by atoms with Crippen LogP contribution in [0.4, 0.5) is 0 Å². The lowest BCUT2D eigenvalue weighted by molar-refractivity contribution is 0.0598. The Hall–Kier alpha value is -1.34. The summed E-state index contributed by atoms with van der Waals surface area (Å²) >= 11 is 3.28. The van der Waals surface area contributed by atoms with Crippen molar-refractivity contribution in [2.24, 2.45) is 0 Å². The number of benzene rings is 1. The fourth-order valence-corrected chi connectivity index (χ4v) is 1.95. The molecule has 0 saturated heterocycles. The predicted octanol–water partition coefficient (Wildman–Crippen LogP) is 2.67. The SMILES string of the molecule is CCc1c(C#N)ccc(Br)c1C(=O)OC. The first-order valence-electron chi connectivity index (χ1n) is 4.45. The monoisotopic (exact) mass is 267 g/mol. The third-order valence-electron chi connectivity index (χ3n) is 2.13. The lowest BCUT2D eigenvalue weighted by Gasteiger charge is -2.09. The number of nitriles is 1. The van der Waals surface area contributed by atoms with E-state index in [4.69, 9.17) is 5.26 Å². The molecule has 0 heterocycles. The first-order chi connectivity index (χ1) is 7.15. The van der Waals surface area contributed by atoms with Gasteiger partial charge in [0.05, 0.1) is 24.3 Å². The molecule has 0 unspecified atom stereocenters. The summed E-state index contributed by atoms with van der Waals surface area (Å²) in [5.74, 6) is -0.421. The van der Waals surface area contributed by atoms with Gasteiger partial charge < -0.3 is 4.74 Å². The van der Waals surface area contributed by atoms with E-state index < -0.39 is 5.97 Å². The summed E-state index contributed by atoms with van der Waals surface area (Å²) in [6, 6.07) is 5.44. The Morgan fingerprint density at radius 2 is 2.27 bits per heavy atom. The minimum Gasteiger partial charge on any atom is -0.465 e. The molecular weight excluding hydrogens is 258 g/mol. The molecule has 0 aromatic heterocycles. The van der Waals surface area contributed by atoms with Crippen molar-refractivity contribution in [3.8, 4) is 6.07 Å². The average molecular weight is 268 g/mol. The molecule has 1 aromatic rings. The van der Waals surface area contributed by atoms with Crippen LogP contribution in [0.3, 0.4) is 0 Å². The topological polar surface area (TPSA) is 50.1 Å². The van der Waals surface area contributed by atoms with Gasteiger partial charge in [-0.3, -0.25) is 0 Å². The number of hydrogen-bond acceptors (Lipinski definition) is 3. The normalized spacial score (nSPS) is 9.47. The summed E-state index contributed by atoms with van der Waals surface area (Å²) in [5, 5.41) is 8.90. The van der Waals surface area contributed by atoms with Gasteiger partial charge in [-0.1, -0.05) is 6.92 Å². The van der Waals surface area contributed by atoms with Crippen LogP contribution < -0.4 is 0 Å². The lowest BCUT2D eigenvalue weighted by atomic mass is 9.99. The highest BCUT2D eigenvalue weighted by Gasteiger charge is 2.17. The molecule has 4 heteroatoms. The van der Waals surface area contributed by atoms with E-state index in [0.717, 1.165) is 5.56 Å². The molecule has 0 radical (unpaired) electrons. The summed E-state index contributed by atoms with van der Waals surface area (Å²) in [6.07, 6.45) is 0.618. The van der Waals surface area contributed by atoms with Gasteiger partial charge in [-0.25, -0.2) is 4.79 Å². The van der Waals surface area contributed by atoms with Crippen molar-refractivity contribution in [1.29, 1.82) is 5.26 Å². The van der Waals surface area contributed by atoms with Crippen molar-refractivity contribution in [3.63, 3.8) is 0 Å². The molecule has 0 aliphatic heterocycles. The molecule has 0 fully saturated rings. The minimum absolute atomic E-state index is 0.421. The highest BCUT2D eigenvalue weighted by atomic mass is 79.9. The Bertz CT molecular complexity index is 435. The van der Waals surface area contributed by atoms with Crippen LogP contribution in [0.25, 0.3) is 0 Å². The van der Waals surface area contributed by atoms with Crippen molar-refractivity contribution < 1.29 is 9.53 Å². The Morgan fingerprint density at radius 1 is 1.60 bits per heavy atom. The first-order valence-corrected chi connectivity index (χ1v) is 5.24. The Labute approximate surface area is 96.8 Å². The quantitative estimate of drug-likeness (QED) is 0.775. The van der Waals surface area contributed by atoms with E-state index in [1.165, 1.54) is 7.11 Å². The molecular formula is C11H10BrNO2. The van der Waals surface area contributed by atoms with Crippen molar-refractivity contribution in [2.75, 3.05) is 7.11 Å². The number of nitrogens with zero attached hydrogens (tertiary/aromatic N) is 1. The second-order valence-electron chi connectivity index (χ2n) is 2.91. The first kappa shape index (κ1) is 11.7. The molecule has 15 heavy (non-hydrogen) atoms. The number of methoxy groups -OCH3 is 1. The Kier molecular flexibility index (Phi) is 3.87. The van der Waals surface area contributed by atoms with Gasteiger partial charge in [-0.2, -0.15) is 5.26 Å². The van der Waals surface area contributed by atoms with E-state index >= 15 is 0 Å². The van der Waals surface area contributed by atoms with Gasteiger partial charge in [-0.05, 0) is 40.0 Å². The Balaban J connectivity index is 3.47. The maximum atomic E-state index is 11.5. The van der Waals surface area contributed by atoms with Crippen LogP contribution in [-0.4, -0.2) is 13.1 Å². The van der Waals surface area contributed by atoms with Gasteiger partial charge in [0, 0.05) is 4.47 Å². The van der Waals surface area contributed by atoms with Gasteiger partial charge in [0.15, 0.2) is 0 Å². The number of hydrogen-bond donors (Lipinski definition) is 0. The molecule has 0 aliphatic carbocycles.